The van der Waals surface area contributed by atoms with Crippen molar-refractivity contribution in [1.82, 2.24) is 15.1 Å². The molecule has 1 spiro atoms. The van der Waals surface area contributed by atoms with E-state index in [0.29, 0.717) is 37.1 Å². The summed E-state index contributed by atoms with van der Waals surface area (Å²) in [5.74, 6) is 0.615. The molecule has 5 rings (SSSR count). The summed E-state index contributed by atoms with van der Waals surface area (Å²) in [6.07, 6.45) is 8.23. The van der Waals surface area contributed by atoms with Crippen LogP contribution in [0.25, 0.3) is 0 Å². The van der Waals surface area contributed by atoms with E-state index >= 15 is 0 Å². The maximum Gasteiger partial charge on any atom is 0.255 e. The van der Waals surface area contributed by atoms with Gasteiger partial charge in [0.15, 0.2) is 0 Å². The van der Waals surface area contributed by atoms with Gasteiger partial charge in [-0.3, -0.25) is 9.69 Å². The summed E-state index contributed by atoms with van der Waals surface area (Å²) in [6, 6.07) is 19.2. The average molecular weight is 506 g/mol. The van der Waals surface area contributed by atoms with E-state index in [-0.39, 0.29) is 11.3 Å². The fraction of sp³-hybridized carbons (Fsp3) is 0.581. The number of rotatable bonds is 3. The van der Waals surface area contributed by atoms with Crippen molar-refractivity contribution in [3.05, 3.63) is 65.7 Å². The Hall–Kier alpha value is -2.41. The van der Waals surface area contributed by atoms with E-state index in [1.807, 2.05) is 24.3 Å². The Balaban J connectivity index is 1.17. The van der Waals surface area contributed by atoms with Gasteiger partial charge in [-0.15, -0.1) is 0 Å². The van der Waals surface area contributed by atoms with Crippen molar-refractivity contribution in [3.8, 4) is 5.75 Å². The molecule has 200 valence electrons. The third kappa shape index (κ3) is 7.13. The zero-order valence-corrected chi connectivity index (χ0v) is 22.2. The number of benzene rings is 2. The molecular weight excluding hydrogens is 462 g/mol. The number of likely N-dealkylation sites (tertiary alicyclic amines) is 2. The topological polar surface area (TPSA) is 54.0 Å². The van der Waals surface area contributed by atoms with Crippen LogP contribution >= 0.6 is 0 Å². The van der Waals surface area contributed by atoms with E-state index in [2.05, 4.69) is 45.4 Å². The molecule has 2 fully saturated rings. The van der Waals surface area contributed by atoms with Crippen LogP contribution in [0.1, 0.15) is 60.9 Å². The first-order valence-corrected chi connectivity index (χ1v) is 14.3. The lowest BCUT2D eigenvalue weighted by atomic mass is 9.74. The third-order valence-electron chi connectivity index (χ3n) is 8.62. The zero-order valence-electron chi connectivity index (χ0n) is 22.2. The van der Waals surface area contributed by atoms with Gasteiger partial charge in [0.25, 0.3) is 5.91 Å². The summed E-state index contributed by atoms with van der Waals surface area (Å²) in [4.78, 5) is 18.1. The zero-order chi connectivity index (χ0) is 25.3. The fourth-order valence-corrected chi connectivity index (χ4v) is 6.26. The summed E-state index contributed by atoms with van der Waals surface area (Å²) >= 11 is 0. The molecule has 2 aromatic carbocycles. The number of amides is 1. The molecule has 1 N–H and O–H groups in total. The highest BCUT2D eigenvalue weighted by Gasteiger charge is 2.38. The van der Waals surface area contributed by atoms with Gasteiger partial charge in [-0.25, -0.2) is 0 Å². The van der Waals surface area contributed by atoms with E-state index in [4.69, 9.17) is 9.47 Å². The predicted molar refractivity (Wildman–Crippen MR) is 147 cm³/mol. The van der Waals surface area contributed by atoms with Crippen LogP contribution in [0.4, 0.5) is 0 Å². The molecule has 3 aliphatic heterocycles. The Bertz CT molecular complexity index is 982. The lowest BCUT2D eigenvalue weighted by Gasteiger charge is -2.46. The first kappa shape index (κ1) is 26.2. The Morgan fingerprint density at radius 1 is 0.865 bits per heavy atom. The molecule has 3 aliphatic rings. The van der Waals surface area contributed by atoms with Gasteiger partial charge in [0, 0.05) is 31.2 Å². The number of para-hydroxylation sites is 1. The van der Waals surface area contributed by atoms with Crippen molar-refractivity contribution in [3.63, 3.8) is 0 Å². The SMILES string of the molecule is O=C1NCCOCCCCC2(CCN(C3CCN(Cc4ccccc4)CC3)CC2)COc2ccccc21. The van der Waals surface area contributed by atoms with Crippen LogP contribution in [0.15, 0.2) is 54.6 Å². The van der Waals surface area contributed by atoms with Gasteiger partial charge in [0.1, 0.15) is 5.75 Å². The van der Waals surface area contributed by atoms with Crippen molar-refractivity contribution in [2.75, 3.05) is 52.5 Å². The molecule has 0 aliphatic carbocycles. The Morgan fingerprint density at radius 2 is 1.62 bits per heavy atom. The van der Waals surface area contributed by atoms with Crippen LogP contribution in [0.3, 0.4) is 0 Å². The summed E-state index contributed by atoms with van der Waals surface area (Å²) in [6.45, 7) is 8.25. The molecule has 2 saturated heterocycles. The van der Waals surface area contributed by atoms with Gasteiger partial charge in [0.05, 0.1) is 18.8 Å². The number of nitrogens with zero attached hydrogens (tertiary/aromatic N) is 2. The van der Waals surface area contributed by atoms with Crippen LogP contribution < -0.4 is 10.1 Å². The first-order valence-electron chi connectivity index (χ1n) is 14.3. The van der Waals surface area contributed by atoms with Crippen LogP contribution in [0, 0.1) is 5.41 Å². The number of hydrogen-bond donors (Lipinski definition) is 1. The number of carbonyl (C=O) groups excluding carboxylic acids is 1. The highest BCUT2D eigenvalue weighted by Crippen LogP contribution is 2.39. The van der Waals surface area contributed by atoms with E-state index in [1.165, 1.54) is 31.5 Å². The Kier molecular flexibility index (Phi) is 9.14. The lowest BCUT2D eigenvalue weighted by molar-refractivity contribution is 0.0102. The quantitative estimate of drug-likeness (QED) is 0.653. The molecule has 0 aromatic heterocycles. The highest BCUT2D eigenvalue weighted by atomic mass is 16.5. The van der Waals surface area contributed by atoms with E-state index in [9.17, 15) is 4.79 Å². The van der Waals surface area contributed by atoms with Crippen molar-refractivity contribution in [2.45, 2.75) is 57.5 Å². The van der Waals surface area contributed by atoms with Gasteiger partial charge < -0.3 is 19.7 Å². The molecule has 0 saturated carbocycles. The monoisotopic (exact) mass is 505 g/mol. The molecule has 0 unspecified atom stereocenters. The maximum atomic E-state index is 12.7. The predicted octanol–water partition coefficient (Wildman–Crippen LogP) is 4.74. The molecular formula is C31H43N3O3. The normalized spacial score (nSPS) is 23.0. The van der Waals surface area contributed by atoms with E-state index in [1.54, 1.807) is 0 Å². The first-order chi connectivity index (χ1) is 18.2. The largest absolute Gasteiger partial charge is 0.492 e. The maximum absolute atomic E-state index is 12.7. The average Bonchev–Trinajstić information content (AvgIpc) is 2.94. The minimum Gasteiger partial charge on any atom is -0.492 e. The minimum absolute atomic E-state index is 0.0845. The molecule has 0 radical (unpaired) electrons. The smallest absolute Gasteiger partial charge is 0.255 e. The van der Waals surface area contributed by atoms with Gasteiger partial charge in [-0.05, 0) is 82.4 Å². The van der Waals surface area contributed by atoms with Crippen LogP contribution in [-0.4, -0.2) is 74.3 Å². The Labute approximate surface area is 222 Å². The molecule has 2 aromatic rings. The minimum atomic E-state index is -0.0845. The van der Waals surface area contributed by atoms with Crippen LogP contribution in [0.2, 0.25) is 0 Å². The number of nitrogens with one attached hydrogen (secondary N) is 1. The Morgan fingerprint density at radius 3 is 2.43 bits per heavy atom. The highest BCUT2D eigenvalue weighted by molar-refractivity contribution is 5.96. The van der Waals surface area contributed by atoms with Crippen molar-refractivity contribution >= 4 is 5.91 Å². The summed E-state index contributed by atoms with van der Waals surface area (Å²) in [5.41, 5.74) is 2.20. The van der Waals surface area contributed by atoms with Crippen molar-refractivity contribution < 1.29 is 14.3 Å². The van der Waals surface area contributed by atoms with Gasteiger partial charge in [0.2, 0.25) is 0 Å². The van der Waals surface area contributed by atoms with Gasteiger partial charge in [-0.2, -0.15) is 0 Å². The second-order valence-corrected chi connectivity index (χ2v) is 11.1. The summed E-state index contributed by atoms with van der Waals surface area (Å²) in [5, 5.41) is 2.97. The summed E-state index contributed by atoms with van der Waals surface area (Å²) in [7, 11) is 0. The lowest BCUT2D eigenvalue weighted by Crippen LogP contribution is -2.50. The van der Waals surface area contributed by atoms with Crippen LogP contribution in [0.5, 0.6) is 5.75 Å². The van der Waals surface area contributed by atoms with Crippen LogP contribution in [-0.2, 0) is 11.3 Å². The number of ether oxygens (including phenoxy) is 2. The molecule has 0 bridgehead atoms. The second-order valence-electron chi connectivity index (χ2n) is 11.1. The van der Waals surface area contributed by atoms with E-state index < -0.39 is 0 Å². The van der Waals surface area contributed by atoms with Crippen molar-refractivity contribution in [2.24, 2.45) is 5.41 Å². The number of fused-ring (bicyclic) bond motifs is 1. The van der Waals surface area contributed by atoms with Crippen molar-refractivity contribution in [1.29, 1.82) is 0 Å². The molecule has 0 atom stereocenters. The number of piperidine rings is 2. The van der Waals surface area contributed by atoms with Gasteiger partial charge >= 0.3 is 0 Å². The van der Waals surface area contributed by atoms with E-state index in [0.717, 1.165) is 58.3 Å². The summed E-state index contributed by atoms with van der Waals surface area (Å²) < 4.78 is 12.2. The fourth-order valence-electron chi connectivity index (χ4n) is 6.26. The molecule has 37 heavy (non-hydrogen) atoms. The molecule has 6 nitrogen and oxygen atoms in total. The molecule has 3 heterocycles. The van der Waals surface area contributed by atoms with Gasteiger partial charge in [-0.1, -0.05) is 48.9 Å². The standard InChI is InChI=1S/C31H43N3O3/c35-30-28-10-4-5-11-29(28)37-25-31(14-6-7-22-36-23-17-32-30)15-20-34(21-16-31)27-12-18-33(19-13-27)24-26-8-2-1-3-9-26/h1-5,8-11,27H,6-7,12-25H2,(H,32,35). The number of carbonyl (C=O) groups is 1. The number of hydrogen-bond acceptors (Lipinski definition) is 5. The third-order valence-corrected chi connectivity index (χ3v) is 8.62. The molecule has 6 heteroatoms. The molecule has 1 amide bonds. The second kappa shape index (κ2) is 12.9.